The van der Waals surface area contributed by atoms with E-state index in [9.17, 15) is 4.79 Å². The molecule has 0 aromatic rings. The Balaban J connectivity index is 3.16. The van der Waals surface area contributed by atoms with Crippen molar-refractivity contribution in [2.75, 3.05) is 6.54 Å². The van der Waals surface area contributed by atoms with Crippen LogP contribution in [0, 0.1) is 0 Å². The average molecular weight is 165 g/mol. The molecule has 9 heavy (non-hydrogen) atoms. The van der Waals surface area contributed by atoms with E-state index in [4.69, 9.17) is 0 Å². The van der Waals surface area contributed by atoms with Gasteiger partial charge in [-0.1, -0.05) is 17.7 Å². The summed E-state index contributed by atoms with van der Waals surface area (Å²) in [7, 11) is 1.45. The van der Waals surface area contributed by atoms with Gasteiger partial charge in [-0.05, 0) is 0 Å². The number of rotatable bonds is 3. The molecule has 0 aromatic heterocycles. The Bertz CT molecular complexity index is 97.0. The highest BCUT2D eigenvalue weighted by Crippen LogP contribution is 2.12. The molecule has 0 aliphatic rings. The van der Waals surface area contributed by atoms with E-state index >= 15 is 0 Å². The van der Waals surface area contributed by atoms with Gasteiger partial charge in [-0.3, -0.25) is 4.79 Å². The van der Waals surface area contributed by atoms with Gasteiger partial charge in [0.25, 0.3) is 0 Å². The number of amides is 1. The predicted octanol–water partition coefficient (Wildman–Crippen LogP) is 1.09. The summed E-state index contributed by atoms with van der Waals surface area (Å²) < 4.78 is 0. The molecule has 0 heterocycles. The zero-order valence-corrected chi connectivity index (χ0v) is 7.26. The van der Waals surface area contributed by atoms with Crippen LogP contribution in [-0.4, -0.2) is 17.7 Å². The maximum atomic E-state index is 10.3. The molecule has 0 aromatic carbocycles. The maximum Gasteiger partial charge on any atom is 0.216 e. The molecule has 1 atom stereocenters. The van der Waals surface area contributed by atoms with Crippen LogP contribution in [0.25, 0.3) is 0 Å². The van der Waals surface area contributed by atoms with E-state index in [0.717, 1.165) is 0 Å². The molecule has 2 nitrogen and oxygen atoms in total. The van der Waals surface area contributed by atoms with Crippen molar-refractivity contribution in [3.8, 4) is 0 Å². The van der Waals surface area contributed by atoms with E-state index in [1.165, 1.54) is 17.7 Å². The van der Waals surface area contributed by atoms with Crippen LogP contribution in [0.2, 0.25) is 0 Å². The number of nitrogens with one attached hydrogen (secondary N) is 1. The second kappa shape index (κ2) is 4.99. The summed E-state index contributed by atoms with van der Waals surface area (Å²) >= 11 is 3.98. The third-order valence-electron chi connectivity index (χ3n) is 0.818. The highest BCUT2D eigenvalue weighted by Gasteiger charge is 1.98. The van der Waals surface area contributed by atoms with Gasteiger partial charge in [-0.2, -0.15) is 0 Å². The Labute approximate surface area is 64.6 Å². The molecular weight excluding hydrogens is 154 g/mol. The predicted molar refractivity (Wildman–Crippen MR) is 44.7 cm³/mol. The number of carbonyl (C=O) groups is 1. The van der Waals surface area contributed by atoms with Gasteiger partial charge < -0.3 is 5.32 Å². The lowest BCUT2D eigenvalue weighted by atomic mass is 10.4. The third kappa shape index (κ3) is 6.05. The molecule has 0 rings (SSSR count). The largest absolute Gasteiger partial charge is 0.355 e. The fraction of sp³-hybridized carbons (Fsp3) is 0.800. The highest BCUT2D eigenvalue weighted by atomic mass is 33.1. The van der Waals surface area contributed by atoms with E-state index in [0.29, 0.717) is 11.8 Å². The smallest absolute Gasteiger partial charge is 0.216 e. The fourth-order valence-electron chi connectivity index (χ4n) is 0.325. The number of thiol groups is 1. The molecule has 4 heteroatoms. The van der Waals surface area contributed by atoms with Crippen molar-refractivity contribution in [3.05, 3.63) is 0 Å². The summed E-state index contributed by atoms with van der Waals surface area (Å²) in [5.41, 5.74) is 0. The molecule has 0 aliphatic carbocycles. The first kappa shape index (κ1) is 9.17. The van der Waals surface area contributed by atoms with Crippen LogP contribution in [0.15, 0.2) is 0 Å². The molecule has 54 valence electrons. The summed E-state index contributed by atoms with van der Waals surface area (Å²) in [6.45, 7) is 4.22. The average Bonchev–Trinajstić information content (AvgIpc) is 1.83. The topological polar surface area (TPSA) is 29.1 Å². The van der Waals surface area contributed by atoms with Crippen molar-refractivity contribution in [1.29, 1.82) is 0 Å². The molecule has 1 N–H and O–H groups in total. The molecular formula is C5H11NOS2. The third-order valence-corrected chi connectivity index (χ3v) is 2.42. The van der Waals surface area contributed by atoms with Gasteiger partial charge in [0.2, 0.25) is 5.91 Å². The van der Waals surface area contributed by atoms with Crippen LogP contribution in [0.1, 0.15) is 13.8 Å². The summed E-state index contributed by atoms with van der Waals surface area (Å²) in [6, 6.07) is 0. The molecule has 0 saturated heterocycles. The Kier molecular flexibility index (Phi) is 5.09. The molecule has 0 radical (unpaired) electrons. The van der Waals surface area contributed by atoms with Crippen LogP contribution in [-0.2, 0) is 4.79 Å². The Morgan fingerprint density at radius 1 is 1.89 bits per heavy atom. The number of hydrogen-bond donors (Lipinski definition) is 2. The van der Waals surface area contributed by atoms with Crippen molar-refractivity contribution in [2.24, 2.45) is 0 Å². The first-order valence-electron chi connectivity index (χ1n) is 2.71. The first-order valence-corrected chi connectivity index (χ1v) is 4.64. The van der Waals surface area contributed by atoms with Crippen molar-refractivity contribution in [3.63, 3.8) is 0 Å². The highest BCUT2D eigenvalue weighted by molar-refractivity contribution is 8.68. The van der Waals surface area contributed by atoms with Gasteiger partial charge in [-0.15, -0.1) is 11.7 Å². The van der Waals surface area contributed by atoms with Crippen molar-refractivity contribution >= 4 is 28.4 Å². The lowest BCUT2D eigenvalue weighted by Crippen LogP contribution is -2.26. The Hall–Kier alpha value is 0.170. The molecule has 0 bridgehead atoms. The fourth-order valence-corrected chi connectivity index (χ4v) is 0.706. The molecule has 1 amide bonds. The van der Waals surface area contributed by atoms with E-state index in [-0.39, 0.29) is 5.91 Å². The van der Waals surface area contributed by atoms with Crippen LogP contribution in [0.4, 0.5) is 0 Å². The van der Waals surface area contributed by atoms with Gasteiger partial charge >= 0.3 is 0 Å². The van der Waals surface area contributed by atoms with Crippen molar-refractivity contribution in [1.82, 2.24) is 5.32 Å². The van der Waals surface area contributed by atoms with Gasteiger partial charge in [0.15, 0.2) is 0 Å². The lowest BCUT2D eigenvalue weighted by Gasteiger charge is -2.05. The Morgan fingerprint density at radius 3 is 2.78 bits per heavy atom. The minimum atomic E-state index is 0.0178. The van der Waals surface area contributed by atoms with Gasteiger partial charge in [-0.25, -0.2) is 0 Å². The summed E-state index contributed by atoms with van der Waals surface area (Å²) in [5.74, 6) is 0.0178. The molecule has 0 aliphatic heterocycles. The number of hydrogen-bond acceptors (Lipinski definition) is 3. The quantitative estimate of drug-likeness (QED) is 0.484. The van der Waals surface area contributed by atoms with E-state index in [1.54, 1.807) is 0 Å². The second-order valence-electron chi connectivity index (χ2n) is 1.85. The van der Waals surface area contributed by atoms with Crippen LogP contribution >= 0.6 is 22.5 Å². The standard InChI is InChI=1S/C5H11NOS2/c1-4(9-8)3-6-5(2)7/h4,8H,3H2,1-2H3,(H,6,7). The SMILES string of the molecule is CC(=O)NCC(C)SS. The van der Waals surface area contributed by atoms with Gasteiger partial charge in [0, 0.05) is 18.7 Å². The second-order valence-corrected chi connectivity index (χ2v) is 3.50. The van der Waals surface area contributed by atoms with Crippen LogP contribution in [0.5, 0.6) is 0 Å². The monoisotopic (exact) mass is 165 g/mol. The van der Waals surface area contributed by atoms with Crippen molar-refractivity contribution in [2.45, 2.75) is 19.1 Å². The summed E-state index contributed by atoms with van der Waals surface area (Å²) in [6.07, 6.45) is 0. The van der Waals surface area contributed by atoms with Crippen molar-refractivity contribution < 1.29 is 4.79 Å². The zero-order valence-electron chi connectivity index (χ0n) is 5.55. The first-order chi connectivity index (χ1) is 4.16. The maximum absolute atomic E-state index is 10.3. The minimum Gasteiger partial charge on any atom is -0.355 e. The van der Waals surface area contributed by atoms with E-state index in [2.05, 4.69) is 17.0 Å². The van der Waals surface area contributed by atoms with Crippen LogP contribution < -0.4 is 5.32 Å². The van der Waals surface area contributed by atoms with E-state index < -0.39 is 0 Å². The van der Waals surface area contributed by atoms with Gasteiger partial charge in [0.05, 0.1) is 0 Å². The molecule has 0 saturated carbocycles. The van der Waals surface area contributed by atoms with Crippen LogP contribution in [0.3, 0.4) is 0 Å². The van der Waals surface area contributed by atoms with E-state index in [1.807, 2.05) is 6.92 Å². The molecule has 1 unspecified atom stereocenters. The molecule has 0 spiro atoms. The Morgan fingerprint density at radius 2 is 2.44 bits per heavy atom. The molecule has 0 fully saturated rings. The number of carbonyl (C=O) groups excluding carboxylic acids is 1. The minimum absolute atomic E-state index is 0.0178. The van der Waals surface area contributed by atoms with Gasteiger partial charge in [0.1, 0.15) is 0 Å². The zero-order chi connectivity index (χ0) is 7.28. The normalized spacial score (nSPS) is 12.8. The summed E-state index contributed by atoms with van der Waals surface area (Å²) in [5, 5.41) is 3.07. The summed E-state index contributed by atoms with van der Waals surface area (Å²) in [4.78, 5) is 10.3. The lowest BCUT2D eigenvalue weighted by molar-refractivity contribution is -0.118.